The van der Waals surface area contributed by atoms with Gasteiger partial charge in [0.15, 0.2) is 0 Å². The monoisotopic (exact) mass is 312 g/mol. The fraction of sp³-hybridized carbons (Fsp3) is 0.467. The number of hydrogen-bond donors (Lipinski definition) is 2. The number of carbonyl (C=O) groups is 2. The quantitative estimate of drug-likeness (QED) is 0.811. The molecule has 0 saturated heterocycles. The Balaban J connectivity index is 2.76. The van der Waals surface area contributed by atoms with Gasteiger partial charge in [-0.15, -0.1) is 0 Å². The van der Waals surface area contributed by atoms with Gasteiger partial charge in [-0.05, 0) is 37.1 Å². The Hall–Kier alpha value is -1.75. The number of nitrogens with zero attached hydrogens (tertiary/aromatic N) is 1. The fourth-order valence-electron chi connectivity index (χ4n) is 1.69. The molecule has 0 aliphatic heterocycles. The Labute approximate surface area is 129 Å². The van der Waals surface area contributed by atoms with E-state index < -0.39 is 5.97 Å². The van der Waals surface area contributed by atoms with E-state index in [-0.39, 0.29) is 25.0 Å². The highest BCUT2D eigenvalue weighted by atomic mass is 35.5. The zero-order chi connectivity index (χ0) is 16.0. The van der Waals surface area contributed by atoms with Gasteiger partial charge in [0.2, 0.25) is 5.91 Å². The number of halogens is 1. The van der Waals surface area contributed by atoms with E-state index in [1.165, 1.54) is 4.90 Å². The molecule has 6 heteroatoms. The molecule has 0 aliphatic rings. The second-order valence-electron chi connectivity index (χ2n) is 5.33. The molecule has 0 saturated carbocycles. The van der Waals surface area contributed by atoms with Crippen LogP contribution < -0.4 is 10.2 Å². The van der Waals surface area contributed by atoms with Gasteiger partial charge in [-0.2, -0.15) is 0 Å². The van der Waals surface area contributed by atoms with Crippen molar-refractivity contribution >= 4 is 29.2 Å². The molecule has 0 radical (unpaired) electrons. The first-order valence-corrected chi connectivity index (χ1v) is 7.19. The van der Waals surface area contributed by atoms with Crippen LogP contribution in [0.25, 0.3) is 0 Å². The van der Waals surface area contributed by atoms with Crippen molar-refractivity contribution < 1.29 is 14.7 Å². The SMILES string of the molecule is CC(C)C(C)NC(=O)CN(CC(=O)O)c1ccc(Cl)cc1. The molecule has 1 rings (SSSR count). The van der Waals surface area contributed by atoms with E-state index in [2.05, 4.69) is 5.32 Å². The Kier molecular flexibility index (Phi) is 6.49. The van der Waals surface area contributed by atoms with E-state index >= 15 is 0 Å². The Morgan fingerprint density at radius 1 is 1.19 bits per heavy atom. The standard InChI is InChI=1S/C15H21ClN2O3/c1-10(2)11(3)17-14(19)8-18(9-15(20)21)13-6-4-12(16)5-7-13/h4-7,10-11H,8-9H2,1-3H3,(H,17,19)(H,20,21). The van der Waals surface area contributed by atoms with Gasteiger partial charge >= 0.3 is 5.97 Å². The van der Waals surface area contributed by atoms with E-state index in [9.17, 15) is 9.59 Å². The maximum Gasteiger partial charge on any atom is 0.323 e. The summed E-state index contributed by atoms with van der Waals surface area (Å²) in [4.78, 5) is 24.5. The molecule has 0 heterocycles. The van der Waals surface area contributed by atoms with E-state index in [4.69, 9.17) is 16.7 Å². The summed E-state index contributed by atoms with van der Waals surface area (Å²) in [6.45, 7) is 5.70. The molecule has 1 amide bonds. The van der Waals surface area contributed by atoms with Crippen LogP contribution in [0.3, 0.4) is 0 Å². The molecule has 1 aromatic carbocycles. The zero-order valence-electron chi connectivity index (χ0n) is 12.5. The van der Waals surface area contributed by atoms with Crippen LogP contribution in [0.2, 0.25) is 5.02 Å². The average Bonchev–Trinajstić information content (AvgIpc) is 2.38. The van der Waals surface area contributed by atoms with Gasteiger partial charge in [-0.3, -0.25) is 9.59 Å². The van der Waals surface area contributed by atoms with Crippen molar-refractivity contribution in [2.45, 2.75) is 26.8 Å². The van der Waals surface area contributed by atoms with Crippen molar-refractivity contribution in [3.05, 3.63) is 29.3 Å². The number of carboxylic acid groups (broad SMARTS) is 1. The molecular weight excluding hydrogens is 292 g/mol. The minimum atomic E-state index is -0.991. The number of rotatable bonds is 7. The molecule has 0 fully saturated rings. The minimum Gasteiger partial charge on any atom is -0.480 e. The van der Waals surface area contributed by atoms with Crippen LogP contribution in [0.4, 0.5) is 5.69 Å². The second-order valence-corrected chi connectivity index (χ2v) is 5.76. The van der Waals surface area contributed by atoms with Crippen molar-refractivity contribution in [2.24, 2.45) is 5.92 Å². The summed E-state index contributed by atoms with van der Waals surface area (Å²) in [6.07, 6.45) is 0. The number of hydrogen-bond acceptors (Lipinski definition) is 3. The topological polar surface area (TPSA) is 69.6 Å². The molecule has 0 spiro atoms. The highest BCUT2D eigenvalue weighted by molar-refractivity contribution is 6.30. The molecule has 0 bridgehead atoms. The summed E-state index contributed by atoms with van der Waals surface area (Å²) >= 11 is 5.82. The normalized spacial score (nSPS) is 12.0. The highest BCUT2D eigenvalue weighted by Gasteiger charge is 2.17. The van der Waals surface area contributed by atoms with Gasteiger partial charge in [0, 0.05) is 16.8 Å². The van der Waals surface area contributed by atoms with E-state index in [1.54, 1.807) is 24.3 Å². The van der Waals surface area contributed by atoms with Crippen molar-refractivity contribution in [1.29, 1.82) is 0 Å². The molecule has 5 nitrogen and oxygen atoms in total. The largest absolute Gasteiger partial charge is 0.480 e. The summed E-state index contributed by atoms with van der Waals surface area (Å²) in [5.74, 6) is -0.875. The lowest BCUT2D eigenvalue weighted by Gasteiger charge is -2.24. The molecule has 0 aromatic heterocycles. The number of aliphatic carboxylic acids is 1. The third kappa shape index (κ3) is 6.04. The van der Waals surface area contributed by atoms with Crippen molar-refractivity contribution in [3.63, 3.8) is 0 Å². The maximum atomic E-state index is 12.0. The number of amides is 1. The predicted molar refractivity (Wildman–Crippen MR) is 83.7 cm³/mol. The van der Waals surface area contributed by atoms with E-state index in [0.29, 0.717) is 16.6 Å². The van der Waals surface area contributed by atoms with Crippen molar-refractivity contribution in [1.82, 2.24) is 5.32 Å². The van der Waals surface area contributed by atoms with Gasteiger partial charge in [-0.1, -0.05) is 25.4 Å². The van der Waals surface area contributed by atoms with E-state index in [0.717, 1.165) is 0 Å². The summed E-state index contributed by atoms with van der Waals surface area (Å²) in [5, 5.41) is 12.4. The zero-order valence-corrected chi connectivity index (χ0v) is 13.2. The van der Waals surface area contributed by atoms with Gasteiger partial charge in [0.1, 0.15) is 6.54 Å². The van der Waals surface area contributed by atoms with Gasteiger partial charge in [0.05, 0.1) is 6.54 Å². The van der Waals surface area contributed by atoms with Crippen LogP contribution >= 0.6 is 11.6 Å². The first-order chi connectivity index (χ1) is 9.79. The smallest absolute Gasteiger partial charge is 0.323 e. The van der Waals surface area contributed by atoms with Crippen LogP contribution in [0.5, 0.6) is 0 Å². The first kappa shape index (κ1) is 17.3. The molecule has 1 aromatic rings. The minimum absolute atomic E-state index is 0.00894. The predicted octanol–water partition coefficient (Wildman–Crippen LogP) is 2.39. The Bertz CT molecular complexity index is 488. The lowest BCUT2D eigenvalue weighted by Crippen LogP contribution is -2.44. The molecular formula is C15H21ClN2O3. The summed E-state index contributed by atoms with van der Waals surface area (Å²) in [7, 11) is 0. The van der Waals surface area contributed by atoms with Crippen molar-refractivity contribution in [2.75, 3.05) is 18.0 Å². The van der Waals surface area contributed by atoms with Gasteiger partial charge in [0.25, 0.3) is 0 Å². The van der Waals surface area contributed by atoms with Crippen LogP contribution in [0.15, 0.2) is 24.3 Å². The highest BCUT2D eigenvalue weighted by Crippen LogP contribution is 2.17. The Morgan fingerprint density at radius 3 is 2.24 bits per heavy atom. The van der Waals surface area contributed by atoms with Crippen LogP contribution in [0.1, 0.15) is 20.8 Å². The lowest BCUT2D eigenvalue weighted by atomic mass is 10.1. The van der Waals surface area contributed by atoms with Crippen molar-refractivity contribution in [3.8, 4) is 0 Å². The van der Waals surface area contributed by atoms with E-state index in [1.807, 2.05) is 20.8 Å². The average molecular weight is 313 g/mol. The molecule has 116 valence electrons. The number of benzene rings is 1. The number of nitrogens with one attached hydrogen (secondary N) is 1. The summed E-state index contributed by atoms with van der Waals surface area (Å²) < 4.78 is 0. The van der Waals surface area contributed by atoms with Crippen LogP contribution in [-0.4, -0.2) is 36.1 Å². The molecule has 21 heavy (non-hydrogen) atoms. The molecule has 1 unspecified atom stereocenters. The molecule has 0 aliphatic carbocycles. The van der Waals surface area contributed by atoms with Crippen LogP contribution in [0, 0.1) is 5.92 Å². The third-order valence-corrected chi connectivity index (χ3v) is 3.49. The number of carboxylic acids is 1. The summed E-state index contributed by atoms with van der Waals surface area (Å²) in [6, 6.07) is 6.77. The maximum absolute atomic E-state index is 12.0. The van der Waals surface area contributed by atoms with Gasteiger partial charge in [-0.25, -0.2) is 0 Å². The third-order valence-electron chi connectivity index (χ3n) is 3.24. The van der Waals surface area contributed by atoms with Gasteiger partial charge < -0.3 is 15.3 Å². The lowest BCUT2D eigenvalue weighted by molar-refractivity contribution is -0.135. The fourth-order valence-corrected chi connectivity index (χ4v) is 1.82. The molecule has 1 atom stereocenters. The number of anilines is 1. The summed E-state index contributed by atoms with van der Waals surface area (Å²) in [5.41, 5.74) is 0.647. The second kappa shape index (κ2) is 7.88. The molecule has 2 N–H and O–H groups in total. The first-order valence-electron chi connectivity index (χ1n) is 6.81. The Morgan fingerprint density at radius 2 is 1.76 bits per heavy atom. The number of carbonyl (C=O) groups excluding carboxylic acids is 1. The van der Waals surface area contributed by atoms with Crippen LogP contribution in [-0.2, 0) is 9.59 Å².